The van der Waals surface area contributed by atoms with Crippen LogP contribution in [-0.4, -0.2) is 0 Å². The first-order valence-electron chi connectivity index (χ1n) is 5.33. The Kier molecular flexibility index (Phi) is 3.50. The minimum atomic E-state index is -0.353. The average Bonchev–Trinajstić information content (AvgIpc) is 2.34. The van der Waals surface area contributed by atoms with Gasteiger partial charge in [0, 0.05) is 5.02 Å². The van der Waals surface area contributed by atoms with Crippen molar-refractivity contribution in [1.82, 2.24) is 0 Å². The molecule has 0 saturated heterocycles. The van der Waals surface area contributed by atoms with Gasteiger partial charge in [-0.25, -0.2) is 4.39 Å². The molecule has 0 bridgehead atoms. The van der Waals surface area contributed by atoms with Crippen molar-refractivity contribution < 1.29 is 4.39 Å². The molecule has 2 aromatic carbocycles. The second-order valence-electron chi connectivity index (χ2n) is 3.91. The lowest BCUT2D eigenvalue weighted by atomic mass is 10.1. The van der Waals surface area contributed by atoms with Crippen LogP contribution in [0.25, 0.3) is 0 Å². The second-order valence-corrected chi connectivity index (χ2v) is 4.35. The first-order valence-corrected chi connectivity index (χ1v) is 5.71. The number of nitrogens with one attached hydrogen (secondary N) is 1. The molecule has 0 spiro atoms. The number of halogens is 2. The highest BCUT2D eigenvalue weighted by molar-refractivity contribution is 6.30. The second kappa shape index (κ2) is 5.07. The fourth-order valence-corrected chi connectivity index (χ4v) is 1.76. The third-order valence-corrected chi connectivity index (χ3v) is 2.73. The number of benzene rings is 2. The predicted molar refractivity (Wildman–Crippen MR) is 70.6 cm³/mol. The molecule has 0 atom stereocenters. The summed E-state index contributed by atoms with van der Waals surface area (Å²) in [5, 5.41) is 12.4. The van der Waals surface area contributed by atoms with Crippen LogP contribution >= 0.6 is 11.6 Å². The number of nitrogens with zero attached hydrogens (tertiary/aromatic N) is 1. The van der Waals surface area contributed by atoms with Crippen molar-refractivity contribution in [3.63, 3.8) is 0 Å². The number of hydrogen-bond donors (Lipinski definition) is 1. The Labute approximate surface area is 110 Å². The zero-order chi connectivity index (χ0) is 13.1. The van der Waals surface area contributed by atoms with Gasteiger partial charge in [0.15, 0.2) is 0 Å². The van der Waals surface area contributed by atoms with Gasteiger partial charge in [0.25, 0.3) is 0 Å². The van der Waals surface area contributed by atoms with E-state index in [9.17, 15) is 4.39 Å². The van der Waals surface area contributed by atoms with Crippen LogP contribution in [0.4, 0.5) is 15.8 Å². The summed E-state index contributed by atoms with van der Waals surface area (Å²) in [6.07, 6.45) is 0. The Morgan fingerprint density at radius 3 is 2.56 bits per heavy atom. The third-order valence-electron chi connectivity index (χ3n) is 2.50. The molecule has 0 saturated carbocycles. The Morgan fingerprint density at radius 1 is 1.17 bits per heavy atom. The van der Waals surface area contributed by atoms with E-state index in [-0.39, 0.29) is 5.82 Å². The minimum absolute atomic E-state index is 0.333. The van der Waals surface area contributed by atoms with Crippen molar-refractivity contribution in [1.29, 1.82) is 5.26 Å². The van der Waals surface area contributed by atoms with Gasteiger partial charge >= 0.3 is 0 Å². The Hall–Kier alpha value is -2.05. The van der Waals surface area contributed by atoms with Crippen LogP contribution < -0.4 is 5.32 Å². The highest BCUT2D eigenvalue weighted by Crippen LogP contribution is 2.25. The molecule has 18 heavy (non-hydrogen) atoms. The van der Waals surface area contributed by atoms with Gasteiger partial charge in [0.05, 0.1) is 16.9 Å². The maximum absolute atomic E-state index is 13.7. The first-order chi connectivity index (χ1) is 8.60. The standard InChI is InChI=1S/C14H10ClFN2/c1-9-2-4-14(12(16)6-9)18-13-5-3-11(15)7-10(13)8-17/h2-7,18H,1H3. The molecule has 0 amide bonds. The van der Waals surface area contributed by atoms with E-state index in [2.05, 4.69) is 5.32 Å². The molecule has 0 unspecified atom stereocenters. The third kappa shape index (κ3) is 2.61. The fraction of sp³-hybridized carbons (Fsp3) is 0.0714. The van der Waals surface area contributed by atoms with Crippen molar-refractivity contribution in [2.75, 3.05) is 5.32 Å². The molecular weight excluding hydrogens is 251 g/mol. The fourth-order valence-electron chi connectivity index (χ4n) is 1.58. The zero-order valence-electron chi connectivity index (χ0n) is 9.67. The van der Waals surface area contributed by atoms with Crippen LogP contribution in [0, 0.1) is 24.1 Å². The Morgan fingerprint density at radius 2 is 1.89 bits per heavy atom. The van der Waals surface area contributed by atoms with Gasteiger partial charge in [-0.2, -0.15) is 5.26 Å². The molecule has 0 aliphatic carbocycles. The molecule has 0 heterocycles. The molecule has 0 radical (unpaired) electrons. The van der Waals surface area contributed by atoms with Crippen LogP contribution in [-0.2, 0) is 0 Å². The van der Waals surface area contributed by atoms with Crippen LogP contribution in [0.3, 0.4) is 0 Å². The van der Waals surface area contributed by atoms with Crippen molar-refractivity contribution in [3.8, 4) is 6.07 Å². The monoisotopic (exact) mass is 260 g/mol. The number of aryl methyl sites for hydroxylation is 1. The number of nitriles is 1. The normalized spacial score (nSPS) is 9.89. The first kappa shape index (κ1) is 12.4. The molecule has 2 rings (SSSR count). The number of anilines is 2. The van der Waals surface area contributed by atoms with E-state index in [0.717, 1.165) is 5.56 Å². The van der Waals surface area contributed by atoms with E-state index in [1.165, 1.54) is 12.1 Å². The van der Waals surface area contributed by atoms with Crippen LogP contribution in [0.15, 0.2) is 36.4 Å². The van der Waals surface area contributed by atoms with E-state index < -0.39 is 0 Å². The molecule has 0 fully saturated rings. The molecule has 4 heteroatoms. The van der Waals surface area contributed by atoms with Crippen LogP contribution in [0.2, 0.25) is 5.02 Å². The van der Waals surface area contributed by atoms with Gasteiger partial charge in [-0.05, 0) is 42.8 Å². The van der Waals surface area contributed by atoms with Gasteiger partial charge in [0.2, 0.25) is 0 Å². The van der Waals surface area contributed by atoms with Gasteiger partial charge in [-0.15, -0.1) is 0 Å². The van der Waals surface area contributed by atoms with E-state index in [4.69, 9.17) is 16.9 Å². The summed E-state index contributed by atoms with van der Waals surface area (Å²) in [4.78, 5) is 0. The minimum Gasteiger partial charge on any atom is -0.352 e. The SMILES string of the molecule is Cc1ccc(Nc2ccc(Cl)cc2C#N)c(F)c1. The van der Waals surface area contributed by atoms with Crippen molar-refractivity contribution in [2.24, 2.45) is 0 Å². The van der Waals surface area contributed by atoms with Crippen LogP contribution in [0.5, 0.6) is 0 Å². The highest BCUT2D eigenvalue weighted by atomic mass is 35.5. The summed E-state index contributed by atoms with van der Waals surface area (Å²) in [5.41, 5.74) is 2.08. The van der Waals surface area contributed by atoms with Crippen LogP contribution in [0.1, 0.15) is 11.1 Å². The smallest absolute Gasteiger partial charge is 0.146 e. The maximum atomic E-state index is 13.7. The molecule has 0 aromatic heterocycles. The Balaban J connectivity index is 2.37. The van der Waals surface area contributed by atoms with E-state index >= 15 is 0 Å². The summed E-state index contributed by atoms with van der Waals surface area (Å²) in [5.74, 6) is -0.353. The summed E-state index contributed by atoms with van der Waals surface area (Å²) < 4.78 is 13.7. The molecule has 0 aliphatic heterocycles. The van der Waals surface area contributed by atoms with Gasteiger partial charge in [-0.3, -0.25) is 0 Å². The summed E-state index contributed by atoms with van der Waals surface area (Å²) in [6, 6.07) is 11.7. The molecule has 2 nitrogen and oxygen atoms in total. The van der Waals surface area contributed by atoms with Gasteiger partial charge in [0.1, 0.15) is 11.9 Å². The summed E-state index contributed by atoms with van der Waals surface area (Å²) >= 11 is 5.80. The van der Waals surface area contributed by atoms with Crippen molar-refractivity contribution in [3.05, 3.63) is 58.4 Å². The zero-order valence-corrected chi connectivity index (χ0v) is 10.4. The Bertz CT molecular complexity index is 632. The number of rotatable bonds is 2. The van der Waals surface area contributed by atoms with E-state index in [1.807, 2.05) is 13.0 Å². The van der Waals surface area contributed by atoms with Gasteiger partial charge in [-0.1, -0.05) is 17.7 Å². The lowest BCUT2D eigenvalue weighted by molar-refractivity contribution is 0.631. The molecule has 1 N–H and O–H groups in total. The largest absolute Gasteiger partial charge is 0.352 e. The molecule has 2 aromatic rings. The van der Waals surface area contributed by atoms with Crippen molar-refractivity contribution >= 4 is 23.0 Å². The van der Waals surface area contributed by atoms with E-state index in [0.29, 0.717) is 22.0 Å². The topological polar surface area (TPSA) is 35.8 Å². The highest BCUT2D eigenvalue weighted by Gasteiger charge is 2.06. The lowest BCUT2D eigenvalue weighted by Gasteiger charge is -2.09. The predicted octanol–water partition coefficient (Wildman–Crippen LogP) is 4.40. The molecular formula is C14H10ClFN2. The van der Waals surface area contributed by atoms with E-state index in [1.54, 1.807) is 24.3 Å². The van der Waals surface area contributed by atoms with Crippen molar-refractivity contribution in [2.45, 2.75) is 6.92 Å². The summed E-state index contributed by atoms with van der Waals surface area (Å²) in [7, 11) is 0. The number of hydrogen-bond acceptors (Lipinski definition) is 2. The van der Waals surface area contributed by atoms with Gasteiger partial charge < -0.3 is 5.32 Å². The quantitative estimate of drug-likeness (QED) is 0.869. The molecule has 0 aliphatic rings. The summed E-state index contributed by atoms with van der Waals surface area (Å²) in [6.45, 7) is 1.82. The maximum Gasteiger partial charge on any atom is 0.146 e. The molecule has 90 valence electrons. The lowest BCUT2D eigenvalue weighted by Crippen LogP contribution is -1.96. The average molecular weight is 261 g/mol.